The lowest BCUT2D eigenvalue weighted by molar-refractivity contribution is -0.253. The molecule has 6 nitrogen and oxygen atoms in total. The molecule has 0 aliphatic carbocycles. The first-order valence-electron chi connectivity index (χ1n) is 8.97. The Bertz CT molecular complexity index is 987. The molecule has 0 radical (unpaired) electrons. The number of hydrogen-bond donors (Lipinski definition) is 3. The first-order chi connectivity index (χ1) is 14.4. The summed E-state index contributed by atoms with van der Waals surface area (Å²) in [5, 5.41) is 6.03. The van der Waals surface area contributed by atoms with Crippen LogP contribution in [0.5, 0.6) is 5.75 Å². The average molecular weight is 421 g/mol. The van der Waals surface area contributed by atoms with Crippen molar-refractivity contribution >= 4 is 17.3 Å². The maximum atomic E-state index is 13.1. The highest BCUT2D eigenvalue weighted by atomic mass is 19.3. The second kappa shape index (κ2) is 9.40. The van der Waals surface area contributed by atoms with Crippen LogP contribution < -0.4 is 21.1 Å². The molecule has 0 fully saturated rings. The molecule has 158 valence electrons. The monoisotopic (exact) mass is 421 g/mol. The molecule has 0 unspecified atom stereocenters. The predicted octanol–water partition coefficient (Wildman–Crippen LogP) is 4.49. The van der Waals surface area contributed by atoms with Gasteiger partial charge in [-0.3, -0.25) is 0 Å². The van der Waals surface area contributed by atoms with Gasteiger partial charge in [-0.05, 0) is 30.3 Å². The molecular weight excluding hydrogens is 402 g/mol. The molecule has 0 aliphatic heterocycles. The van der Waals surface area contributed by atoms with E-state index >= 15 is 0 Å². The highest BCUT2D eigenvalue weighted by molar-refractivity contribution is 5.66. The Morgan fingerprint density at radius 3 is 2.57 bits per heavy atom. The van der Waals surface area contributed by atoms with Crippen LogP contribution in [0, 0.1) is 0 Å². The molecule has 0 atom stereocenters. The molecule has 1 aromatic heterocycles. The first kappa shape index (κ1) is 21.3. The topological polar surface area (TPSA) is 85.1 Å². The number of nitrogens with zero attached hydrogens (tertiary/aromatic N) is 2. The Morgan fingerprint density at radius 1 is 1.03 bits per heavy atom. The van der Waals surface area contributed by atoms with Crippen molar-refractivity contribution in [2.75, 3.05) is 23.7 Å². The van der Waals surface area contributed by atoms with E-state index in [0.717, 1.165) is 23.4 Å². The normalized spacial score (nSPS) is 11.4. The number of alkyl halides is 4. The minimum absolute atomic E-state index is 0.200. The lowest BCUT2D eigenvalue weighted by Gasteiger charge is -2.17. The van der Waals surface area contributed by atoms with Gasteiger partial charge in [0.15, 0.2) is 0 Å². The lowest BCUT2D eigenvalue weighted by Crippen LogP contribution is -2.33. The molecule has 0 saturated carbocycles. The van der Waals surface area contributed by atoms with Crippen LogP contribution in [0.2, 0.25) is 0 Å². The SMILES string of the molecule is NCCNc1cccc(-c2ccnc(Nc3cccc(OC(F)(F)C(F)F)c3)n2)c1. The Labute approximate surface area is 170 Å². The van der Waals surface area contributed by atoms with Crippen molar-refractivity contribution in [3.8, 4) is 17.0 Å². The Morgan fingerprint density at radius 2 is 1.80 bits per heavy atom. The zero-order chi connectivity index (χ0) is 21.6. The van der Waals surface area contributed by atoms with Crippen LogP contribution in [0.3, 0.4) is 0 Å². The van der Waals surface area contributed by atoms with Gasteiger partial charge < -0.3 is 21.1 Å². The van der Waals surface area contributed by atoms with Gasteiger partial charge in [0.25, 0.3) is 0 Å². The van der Waals surface area contributed by atoms with E-state index in [-0.39, 0.29) is 5.95 Å². The van der Waals surface area contributed by atoms with Crippen LogP contribution in [-0.4, -0.2) is 35.6 Å². The Hall–Kier alpha value is -3.40. The second-order valence-electron chi connectivity index (χ2n) is 6.18. The van der Waals surface area contributed by atoms with Gasteiger partial charge in [-0.1, -0.05) is 18.2 Å². The van der Waals surface area contributed by atoms with Crippen molar-refractivity contribution in [1.29, 1.82) is 0 Å². The number of aromatic nitrogens is 2. The number of benzene rings is 2. The van der Waals surface area contributed by atoms with Crippen molar-refractivity contribution in [1.82, 2.24) is 9.97 Å². The summed E-state index contributed by atoms with van der Waals surface area (Å²) in [6.45, 7) is 1.13. The fourth-order valence-corrected chi connectivity index (χ4v) is 2.55. The van der Waals surface area contributed by atoms with E-state index in [2.05, 4.69) is 25.3 Å². The zero-order valence-electron chi connectivity index (χ0n) is 15.7. The van der Waals surface area contributed by atoms with Gasteiger partial charge in [-0.15, -0.1) is 0 Å². The smallest absolute Gasteiger partial charge is 0.428 e. The summed E-state index contributed by atoms with van der Waals surface area (Å²) in [5.74, 6) is -0.217. The Kier molecular flexibility index (Phi) is 6.68. The molecule has 0 aliphatic rings. The summed E-state index contributed by atoms with van der Waals surface area (Å²) >= 11 is 0. The van der Waals surface area contributed by atoms with Gasteiger partial charge in [0.1, 0.15) is 5.75 Å². The van der Waals surface area contributed by atoms with E-state index in [1.165, 1.54) is 12.3 Å². The zero-order valence-corrected chi connectivity index (χ0v) is 15.7. The number of nitrogens with two attached hydrogens (primary N) is 1. The third-order valence-electron chi connectivity index (χ3n) is 3.89. The minimum atomic E-state index is -4.59. The summed E-state index contributed by atoms with van der Waals surface area (Å²) in [5.41, 5.74) is 8.14. The minimum Gasteiger partial charge on any atom is -0.428 e. The fraction of sp³-hybridized carbons (Fsp3) is 0.200. The largest absolute Gasteiger partial charge is 0.461 e. The van der Waals surface area contributed by atoms with Crippen molar-refractivity contribution < 1.29 is 22.3 Å². The van der Waals surface area contributed by atoms with Crippen LogP contribution >= 0.6 is 0 Å². The number of ether oxygens (including phenoxy) is 1. The van der Waals surface area contributed by atoms with Gasteiger partial charge in [0.2, 0.25) is 5.95 Å². The molecule has 2 aromatic carbocycles. The third kappa shape index (κ3) is 5.57. The van der Waals surface area contributed by atoms with E-state index in [1.807, 2.05) is 24.3 Å². The lowest BCUT2D eigenvalue weighted by atomic mass is 10.1. The molecule has 4 N–H and O–H groups in total. The van der Waals surface area contributed by atoms with Crippen LogP contribution in [-0.2, 0) is 0 Å². The van der Waals surface area contributed by atoms with Crippen molar-refractivity contribution in [3.05, 3.63) is 60.8 Å². The van der Waals surface area contributed by atoms with E-state index in [4.69, 9.17) is 5.73 Å². The average Bonchev–Trinajstić information content (AvgIpc) is 2.72. The van der Waals surface area contributed by atoms with Crippen molar-refractivity contribution in [2.24, 2.45) is 5.73 Å². The van der Waals surface area contributed by atoms with Crippen LogP contribution in [0.1, 0.15) is 0 Å². The van der Waals surface area contributed by atoms with Gasteiger partial charge in [0, 0.05) is 42.3 Å². The molecule has 0 amide bonds. The summed E-state index contributed by atoms with van der Waals surface area (Å²) in [6, 6.07) is 14.5. The number of anilines is 3. The molecule has 3 aromatic rings. The molecule has 0 saturated heterocycles. The maximum absolute atomic E-state index is 13.1. The number of hydrogen-bond acceptors (Lipinski definition) is 6. The molecular formula is C20H19F4N5O. The summed E-state index contributed by atoms with van der Waals surface area (Å²) < 4.78 is 55.0. The quantitative estimate of drug-likeness (QED) is 0.442. The summed E-state index contributed by atoms with van der Waals surface area (Å²) in [7, 11) is 0. The van der Waals surface area contributed by atoms with E-state index in [9.17, 15) is 17.6 Å². The van der Waals surface area contributed by atoms with Gasteiger partial charge in [-0.25, -0.2) is 9.97 Å². The molecule has 0 bridgehead atoms. The summed E-state index contributed by atoms with van der Waals surface area (Å²) in [6.07, 6.45) is -6.99. The molecule has 3 rings (SSSR count). The third-order valence-corrected chi connectivity index (χ3v) is 3.89. The van der Waals surface area contributed by atoms with E-state index < -0.39 is 18.3 Å². The number of nitrogens with one attached hydrogen (secondary N) is 2. The van der Waals surface area contributed by atoms with Gasteiger partial charge in [-0.2, -0.15) is 17.6 Å². The Balaban J connectivity index is 1.77. The maximum Gasteiger partial charge on any atom is 0.461 e. The standard InChI is InChI=1S/C20H19F4N5O/c21-18(22)20(23,24)30-16-6-2-5-15(12-16)28-19-27-9-7-17(29-19)13-3-1-4-14(11-13)26-10-8-25/h1-7,9,11-12,18,26H,8,10,25H2,(H,27,28,29). The molecule has 0 spiro atoms. The second-order valence-corrected chi connectivity index (χ2v) is 6.18. The molecule has 10 heteroatoms. The number of rotatable bonds is 9. The van der Waals surface area contributed by atoms with Crippen LogP contribution in [0.4, 0.5) is 34.9 Å². The molecule has 30 heavy (non-hydrogen) atoms. The van der Waals surface area contributed by atoms with E-state index in [1.54, 1.807) is 12.1 Å². The van der Waals surface area contributed by atoms with Crippen molar-refractivity contribution in [2.45, 2.75) is 12.5 Å². The van der Waals surface area contributed by atoms with Crippen molar-refractivity contribution in [3.63, 3.8) is 0 Å². The first-order valence-corrected chi connectivity index (χ1v) is 8.97. The van der Waals surface area contributed by atoms with Crippen LogP contribution in [0.15, 0.2) is 60.8 Å². The van der Waals surface area contributed by atoms with E-state index in [0.29, 0.717) is 24.5 Å². The molecule has 1 heterocycles. The highest BCUT2D eigenvalue weighted by Gasteiger charge is 2.43. The van der Waals surface area contributed by atoms with Gasteiger partial charge >= 0.3 is 12.5 Å². The predicted molar refractivity (Wildman–Crippen MR) is 106 cm³/mol. The van der Waals surface area contributed by atoms with Gasteiger partial charge in [0.05, 0.1) is 5.69 Å². The van der Waals surface area contributed by atoms with Crippen LogP contribution in [0.25, 0.3) is 11.3 Å². The summed E-state index contributed by atoms with van der Waals surface area (Å²) in [4.78, 5) is 8.51. The number of halogens is 4. The highest BCUT2D eigenvalue weighted by Crippen LogP contribution is 2.29. The fourth-order valence-electron chi connectivity index (χ4n) is 2.55.